The third kappa shape index (κ3) is 6.05. The molecule has 2 rings (SSSR count). The predicted molar refractivity (Wildman–Crippen MR) is 97.6 cm³/mol. The van der Waals surface area contributed by atoms with E-state index in [4.69, 9.17) is 4.74 Å². The van der Waals surface area contributed by atoms with Gasteiger partial charge in [-0.05, 0) is 37.6 Å². The number of benzene rings is 1. The summed E-state index contributed by atoms with van der Waals surface area (Å²) in [7, 11) is 3.49. The van der Waals surface area contributed by atoms with Crippen molar-refractivity contribution >= 4 is 11.8 Å². The number of amides is 2. The molecule has 6 nitrogen and oxygen atoms in total. The second-order valence-corrected chi connectivity index (χ2v) is 6.32. The molecule has 1 N–H and O–H groups in total. The first-order valence-corrected chi connectivity index (χ1v) is 8.97. The second kappa shape index (κ2) is 10.0. The molecule has 1 aliphatic heterocycles. The third-order valence-electron chi connectivity index (χ3n) is 4.58. The number of carbonyl (C=O) groups is 2. The normalized spacial score (nSPS) is 15.0. The fourth-order valence-electron chi connectivity index (χ4n) is 3.01. The molecule has 1 fully saturated rings. The summed E-state index contributed by atoms with van der Waals surface area (Å²) < 4.78 is 5.15. The quantitative estimate of drug-likeness (QED) is 0.808. The molecule has 2 amide bonds. The minimum Gasteiger partial charge on any atom is -0.497 e. The van der Waals surface area contributed by atoms with Gasteiger partial charge in [-0.1, -0.05) is 12.1 Å². The van der Waals surface area contributed by atoms with Gasteiger partial charge in [0, 0.05) is 45.6 Å². The molecular weight excluding hydrogens is 318 g/mol. The lowest BCUT2D eigenvalue weighted by atomic mass is 10.1. The van der Waals surface area contributed by atoms with Crippen LogP contribution < -0.4 is 10.1 Å². The van der Waals surface area contributed by atoms with E-state index in [2.05, 4.69) is 5.32 Å². The van der Waals surface area contributed by atoms with Crippen molar-refractivity contribution in [2.45, 2.75) is 25.7 Å². The van der Waals surface area contributed by atoms with Crippen LogP contribution in [0.5, 0.6) is 5.75 Å². The Hall–Kier alpha value is -2.08. The van der Waals surface area contributed by atoms with Crippen molar-refractivity contribution in [3.63, 3.8) is 0 Å². The average molecular weight is 347 g/mol. The molecule has 6 heteroatoms. The highest BCUT2D eigenvalue weighted by Crippen LogP contribution is 2.14. The van der Waals surface area contributed by atoms with Gasteiger partial charge in [0.2, 0.25) is 11.8 Å². The number of aryl methyl sites for hydroxylation is 1. The number of methoxy groups -OCH3 is 1. The monoisotopic (exact) mass is 347 g/mol. The maximum Gasteiger partial charge on any atom is 0.223 e. The number of ether oxygens (including phenoxy) is 1. The van der Waals surface area contributed by atoms with Gasteiger partial charge in [0.1, 0.15) is 5.75 Å². The van der Waals surface area contributed by atoms with Gasteiger partial charge in [-0.3, -0.25) is 9.59 Å². The van der Waals surface area contributed by atoms with Crippen LogP contribution in [-0.4, -0.2) is 68.5 Å². The zero-order chi connectivity index (χ0) is 18.1. The van der Waals surface area contributed by atoms with Crippen LogP contribution in [0.25, 0.3) is 0 Å². The number of rotatable bonds is 7. The lowest BCUT2D eigenvalue weighted by molar-refractivity contribution is -0.133. The van der Waals surface area contributed by atoms with Gasteiger partial charge in [0.15, 0.2) is 0 Å². The van der Waals surface area contributed by atoms with Gasteiger partial charge < -0.3 is 19.9 Å². The van der Waals surface area contributed by atoms with E-state index in [0.717, 1.165) is 37.2 Å². The highest BCUT2D eigenvalue weighted by atomic mass is 16.5. The largest absolute Gasteiger partial charge is 0.497 e. The van der Waals surface area contributed by atoms with Crippen LogP contribution in [0.3, 0.4) is 0 Å². The van der Waals surface area contributed by atoms with Gasteiger partial charge >= 0.3 is 0 Å². The van der Waals surface area contributed by atoms with E-state index in [1.54, 1.807) is 7.11 Å². The zero-order valence-corrected chi connectivity index (χ0v) is 15.3. The molecule has 1 aromatic rings. The third-order valence-corrected chi connectivity index (χ3v) is 4.58. The molecule has 0 bridgehead atoms. The minimum atomic E-state index is 0.167. The summed E-state index contributed by atoms with van der Waals surface area (Å²) >= 11 is 0. The summed E-state index contributed by atoms with van der Waals surface area (Å²) in [6, 6.07) is 7.83. The molecular formula is C19H29N3O3. The summed E-state index contributed by atoms with van der Waals surface area (Å²) in [4.78, 5) is 28.4. The molecule has 0 saturated carbocycles. The van der Waals surface area contributed by atoms with Gasteiger partial charge in [0.05, 0.1) is 7.11 Å². The summed E-state index contributed by atoms with van der Waals surface area (Å²) in [6.07, 6.45) is 2.59. The Bertz CT molecular complexity index is 560. The number of nitrogens with one attached hydrogen (secondary N) is 1. The van der Waals surface area contributed by atoms with Crippen LogP contribution in [0.4, 0.5) is 0 Å². The average Bonchev–Trinajstić information content (AvgIpc) is 2.91. The summed E-state index contributed by atoms with van der Waals surface area (Å²) in [5, 5.41) is 3.00. The van der Waals surface area contributed by atoms with Crippen molar-refractivity contribution in [1.29, 1.82) is 0 Å². The lowest BCUT2D eigenvalue weighted by Gasteiger charge is -2.22. The van der Waals surface area contributed by atoms with Crippen molar-refractivity contribution in [2.75, 3.05) is 46.9 Å². The lowest BCUT2D eigenvalue weighted by Crippen LogP contribution is -2.38. The van der Waals surface area contributed by atoms with E-state index < -0.39 is 0 Å². The fraction of sp³-hybridized carbons (Fsp3) is 0.579. The van der Waals surface area contributed by atoms with E-state index in [1.165, 1.54) is 0 Å². The molecule has 0 atom stereocenters. The molecule has 0 spiro atoms. The Morgan fingerprint density at radius 2 is 1.60 bits per heavy atom. The first-order chi connectivity index (χ1) is 12.1. The molecule has 1 aliphatic rings. The van der Waals surface area contributed by atoms with E-state index in [0.29, 0.717) is 32.5 Å². The number of nitrogens with zero attached hydrogens (tertiary/aromatic N) is 2. The first kappa shape index (κ1) is 19.2. The predicted octanol–water partition coefficient (Wildman–Crippen LogP) is 1.30. The Morgan fingerprint density at radius 1 is 1.00 bits per heavy atom. The standard InChI is InChI=1S/C19H29N3O3/c1-20-11-10-19(24)22-13-3-12-21(14-15-22)18(23)9-6-16-4-7-17(25-2)8-5-16/h4-5,7-8,20H,3,6,9-15H2,1-2H3. The maximum atomic E-state index is 12.5. The molecule has 1 saturated heterocycles. The molecule has 25 heavy (non-hydrogen) atoms. The number of hydrogen-bond donors (Lipinski definition) is 1. The number of hydrogen-bond acceptors (Lipinski definition) is 4. The minimum absolute atomic E-state index is 0.167. The van der Waals surface area contributed by atoms with Crippen molar-refractivity contribution < 1.29 is 14.3 Å². The molecule has 138 valence electrons. The van der Waals surface area contributed by atoms with Crippen LogP contribution in [-0.2, 0) is 16.0 Å². The van der Waals surface area contributed by atoms with Gasteiger partial charge in [-0.2, -0.15) is 0 Å². The van der Waals surface area contributed by atoms with Gasteiger partial charge in [-0.25, -0.2) is 0 Å². The van der Waals surface area contributed by atoms with E-state index in [1.807, 2.05) is 41.1 Å². The van der Waals surface area contributed by atoms with Crippen LogP contribution in [0.2, 0.25) is 0 Å². The van der Waals surface area contributed by atoms with Crippen molar-refractivity contribution in [1.82, 2.24) is 15.1 Å². The maximum absolute atomic E-state index is 12.5. The van der Waals surface area contributed by atoms with E-state index >= 15 is 0 Å². The van der Waals surface area contributed by atoms with Crippen molar-refractivity contribution in [3.05, 3.63) is 29.8 Å². The summed E-state index contributed by atoms with van der Waals surface area (Å²) in [5.74, 6) is 1.16. The summed E-state index contributed by atoms with van der Waals surface area (Å²) in [5.41, 5.74) is 1.13. The Kier molecular flexibility index (Phi) is 7.73. The van der Waals surface area contributed by atoms with Crippen LogP contribution in [0.1, 0.15) is 24.8 Å². The Labute approximate surface area is 150 Å². The molecule has 1 aromatic carbocycles. The molecule has 0 radical (unpaired) electrons. The van der Waals surface area contributed by atoms with Gasteiger partial charge in [-0.15, -0.1) is 0 Å². The van der Waals surface area contributed by atoms with E-state index in [-0.39, 0.29) is 11.8 Å². The molecule has 0 aliphatic carbocycles. The Morgan fingerprint density at radius 3 is 2.16 bits per heavy atom. The molecule has 0 unspecified atom stereocenters. The first-order valence-electron chi connectivity index (χ1n) is 8.97. The number of carbonyl (C=O) groups excluding carboxylic acids is 2. The summed E-state index contributed by atoms with van der Waals surface area (Å²) in [6.45, 7) is 3.44. The smallest absolute Gasteiger partial charge is 0.223 e. The van der Waals surface area contributed by atoms with Gasteiger partial charge in [0.25, 0.3) is 0 Å². The van der Waals surface area contributed by atoms with Crippen molar-refractivity contribution in [3.8, 4) is 5.75 Å². The molecule has 0 aromatic heterocycles. The Balaban J connectivity index is 1.78. The van der Waals surface area contributed by atoms with Crippen molar-refractivity contribution in [2.24, 2.45) is 0 Å². The highest BCUT2D eigenvalue weighted by molar-refractivity contribution is 5.78. The SMILES string of the molecule is CNCCC(=O)N1CCCN(C(=O)CCc2ccc(OC)cc2)CC1. The van der Waals surface area contributed by atoms with E-state index in [9.17, 15) is 9.59 Å². The van der Waals surface area contributed by atoms with Crippen LogP contribution >= 0.6 is 0 Å². The fourth-order valence-corrected chi connectivity index (χ4v) is 3.01. The topological polar surface area (TPSA) is 61.9 Å². The van der Waals surface area contributed by atoms with Crippen LogP contribution in [0.15, 0.2) is 24.3 Å². The zero-order valence-electron chi connectivity index (χ0n) is 15.3. The highest BCUT2D eigenvalue weighted by Gasteiger charge is 2.21. The second-order valence-electron chi connectivity index (χ2n) is 6.32. The molecule has 1 heterocycles. The van der Waals surface area contributed by atoms with Crippen LogP contribution in [0, 0.1) is 0 Å².